The number of halogens is 2. The number of carbonyl (C=O) groups is 1. The minimum absolute atomic E-state index is 0.209. The molecule has 26 heavy (non-hydrogen) atoms. The summed E-state index contributed by atoms with van der Waals surface area (Å²) in [4.78, 5) is 11.8. The Morgan fingerprint density at radius 1 is 1.27 bits per heavy atom. The van der Waals surface area contributed by atoms with Gasteiger partial charge in [-0.3, -0.25) is 4.79 Å². The zero-order chi connectivity index (χ0) is 18.3. The van der Waals surface area contributed by atoms with E-state index in [1.54, 1.807) is 28.9 Å². The number of rotatable bonds is 4. The van der Waals surface area contributed by atoms with Gasteiger partial charge in [-0.05, 0) is 43.0 Å². The molecule has 2 aromatic heterocycles. The highest BCUT2D eigenvalue weighted by Gasteiger charge is 2.28. The Morgan fingerprint density at radius 3 is 2.81 bits per heavy atom. The molecule has 1 aliphatic carbocycles. The first-order valence-electron chi connectivity index (χ1n) is 8.50. The Balaban J connectivity index is 1.83. The van der Waals surface area contributed by atoms with E-state index < -0.39 is 12.1 Å². The standard InChI is InChI=1S/C19H18F2N4O/c20-13-4-1-3-11(7-13)12-8-17-18(24-16-6-2-5-15(16)21)14(19(22)26)9-23-25(17)10-12/h1,3-4,7-10,15-16,24H,2,5-6H2,(H2,22,26)/t15-,16+/m0/s1. The Labute approximate surface area is 148 Å². The predicted octanol–water partition coefficient (Wildman–Crippen LogP) is 3.54. The Hall–Kier alpha value is -2.96. The lowest BCUT2D eigenvalue weighted by Gasteiger charge is -2.19. The normalized spacial score (nSPS) is 19.8. The van der Waals surface area contributed by atoms with Gasteiger partial charge in [-0.2, -0.15) is 5.10 Å². The van der Waals surface area contributed by atoms with Crippen molar-refractivity contribution >= 4 is 17.1 Å². The van der Waals surface area contributed by atoms with Gasteiger partial charge in [0.15, 0.2) is 0 Å². The van der Waals surface area contributed by atoms with Crippen LogP contribution in [0.2, 0.25) is 0 Å². The predicted molar refractivity (Wildman–Crippen MR) is 95.3 cm³/mol. The van der Waals surface area contributed by atoms with E-state index in [4.69, 9.17) is 5.73 Å². The van der Waals surface area contributed by atoms with E-state index >= 15 is 0 Å². The molecular formula is C19H18F2N4O. The number of aromatic nitrogens is 2. The Morgan fingerprint density at radius 2 is 2.12 bits per heavy atom. The van der Waals surface area contributed by atoms with Gasteiger partial charge in [0.05, 0.1) is 29.0 Å². The van der Waals surface area contributed by atoms with Crippen molar-refractivity contribution in [1.29, 1.82) is 0 Å². The lowest BCUT2D eigenvalue weighted by molar-refractivity contribution is 0.100. The van der Waals surface area contributed by atoms with Crippen LogP contribution < -0.4 is 11.1 Å². The van der Waals surface area contributed by atoms with Crippen LogP contribution in [0.25, 0.3) is 16.6 Å². The number of anilines is 1. The summed E-state index contributed by atoms with van der Waals surface area (Å²) in [6.07, 6.45) is 4.12. The molecule has 1 aliphatic rings. The molecule has 7 heteroatoms. The molecule has 0 saturated heterocycles. The molecule has 1 amide bonds. The monoisotopic (exact) mass is 356 g/mol. The van der Waals surface area contributed by atoms with Gasteiger partial charge in [0, 0.05) is 11.8 Å². The highest BCUT2D eigenvalue weighted by Crippen LogP contribution is 2.32. The average Bonchev–Trinajstić information content (AvgIpc) is 3.21. The minimum Gasteiger partial charge on any atom is -0.377 e. The van der Waals surface area contributed by atoms with E-state index in [0.29, 0.717) is 29.6 Å². The largest absolute Gasteiger partial charge is 0.377 e. The van der Waals surface area contributed by atoms with Crippen molar-refractivity contribution in [3.05, 3.63) is 54.1 Å². The van der Waals surface area contributed by atoms with E-state index in [2.05, 4.69) is 10.4 Å². The number of nitrogens with one attached hydrogen (secondary N) is 1. The summed E-state index contributed by atoms with van der Waals surface area (Å²) < 4.78 is 29.2. The quantitative estimate of drug-likeness (QED) is 0.751. The van der Waals surface area contributed by atoms with Crippen molar-refractivity contribution in [1.82, 2.24) is 9.61 Å². The van der Waals surface area contributed by atoms with Crippen LogP contribution in [-0.4, -0.2) is 27.7 Å². The van der Waals surface area contributed by atoms with E-state index in [1.807, 2.05) is 0 Å². The van der Waals surface area contributed by atoms with Gasteiger partial charge in [-0.25, -0.2) is 13.3 Å². The van der Waals surface area contributed by atoms with Gasteiger partial charge in [0.25, 0.3) is 5.91 Å². The molecule has 2 heterocycles. The number of hydrogen-bond acceptors (Lipinski definition) is 3. The summed E-state index contributed by atoms with van der Waals surface area (Å²) in [7, 11) is 0. The van der Waals surface area contributed by atoms with Crippen LogP contribution in [0.1, 0.15) is 29.6 Å². The summed E-state index contributed by atoms with van der Waals surface area (Å²) in [6.45, 7) is 0. The minimum atomic E-state index is -0.971. The number of hydrogen-bond donors (Lipinski definition) is 2. The third-order valence-electron chi connectivity index (χ3n) is 4.82. The number of amides is 1. The maximum absolute atomic E-state index is 14.1. The van der Waals surface area contributed by atoms with Crippen LogP contribution in [0.15, 0.2) is 42.7 Å². The second-order valence-corrected chi connectivity index (χ2v) is 6.56. The van der Waals surface area contributed by atoms with Crippen molar-refractivity contribution in [2.45, 2.75) is 31.5 Å². The van der Waals surface area contributed by atoms with Gasteiger partial charge in [0.2, 0.25) is 0 Å². The van der Waals surface area contributed by atoms with E-state index in [-0.39, 0.29) is 17.4 Å². The highest BCUT2D eigenvalue weighted by atomic mass is 19.1. The van der Waals surface area contributed by atoms with Gasteiger partial charge >= 0.3 is 0 Å². The van der Waals surface area contributed by atoms with E-state index in [0.717, 1.165) is 12.0 Å². The molecule has 3 aromatic rings. The molecular weight excluding hydrogens is 338 g/mol. The van der Waals surface area contributed by atoms with Crippen molar-refractivity contribution in [2.24, 2.45) is 5.73 Å². The van der Waals surface area contributed by atoms with Crippen molar-refractivity contribution in [3.63, 3.8) is 0 Å². The molecule has 1 fully saturated rings. The van der Waals surface area contributed by atoms with Crippen LogP contribution in [0.3, 0.4) is 0 Å². The number of benzene rings is 1. The second kappa shape index (κ2) is 6.40. The molecule has 1 aromatic carbocycles. The molecule has 1 saturated carbocycles. The van der Waals surface area contributed by atoms with Crippen LogP contribution in [0.4, 0.5) is 14.5 Å². The topological polar surface area (TPSA) is 72.4 Å². The first-order chi connectivity index (χ1) is 12.5. The van der Waals surface area contributed by atoms with Crippen molar-refractivity contribution < 1.29 is 13.6 Å². The lowest BCUT2D eigenvalue weighted by atomic mass is 10.1. The summed E-state index contributed by atoms with van der Waals surface area (Å²) >= 11 is 0. The van der Waals surface area contributed by atoms with Crippen LogP contribution in [-0.2, 0) is 0 Å². The number of alkyl halides is 1. The fraction of sp³-hybridized carbons (Fsp3) is 0.263. The maximum Gasteiger partial charge on any atom is 0.252 e. The van der Waals surface area contributed by atoms with E-state index in [1.165, 1.54) is 18.3 Å². The number of nitrogens with two attached hydrogens (primary N) is 1. The maximum atomic E-state index is 14.1. The summed E-state index contributed by atoms with van der Waals surface area (Å²) in [5, 5.41) is 7.36. The molecule has 3 N–H and O–H groups in total. The smallest absolute Gasteiger partial charge is 0.252 e. The summed E-state index contributed by atoms with van der Waals surface area (Å²) in [6, 6.07) is 7.63. The van der Waals surface area contributed by atoms with Crippen LogP contribution in [0, 0.1) is 5.82 Å². The third-order valence-corrected chi connectivity index (χ3v) is 4.82. The number of primary amides is 1. The Kier molecular flexibility index (Phi) is 4.06. The summed E-state index contributed by atoms with van der Waals surface area (Å²) in [5.41, 5.74) is 8.18. The van der Waals surface area contributed by atoms with Crippen molar-refractivity contribution in [3.8, 4) is 11.1 Å². The fourth-order valence-electron chi connectivity index (χ4n) is 3.48. The zero-order valence-corrected chi connectivity index (χ0v) is 14.0. The molecule has 0 spiro atoms. The average molecular weight is 356 g/mol. The molecule has 0 aliphatic heterocycles. The first-order valence-corrected chi connectivity index (χ1v) is 8.50. The molecule has 0 radical (unpaired) electrons. The van der Waals surface area contributed by atoms with Gasteiger partial charge in [0.1, 0.15) is 12.0 Å². The fourth-order valence-corrected chi connectivity index (χ4v) is 3.48. The number of fused-ring (bicyclic) bond motifs is 1. The number of carbonyl (C=O) groups excluding carboxylic acids is 1. The van der Waals surface area contributed by atoms with Gasteiger partial charge in [-0.15, -0.1) is 0 Å². The molecule has 134 valence electrons. The molecule has 2 atom stereocenters. The Bertz CT molecular complexity index is 985. The third kappa shape index (κ3) is 2.89. The van der Waals surface area contributed by atoms with Gasteiger partial charge in [-0.1, -0.05) is 12.1 Å². The molecule has 0 bridgehead atoms. The zero-order valence-electron chi connectivity index (χ0n) is 14.0. The van der Waals surface area contributed by atoms with Crippen LogP contribution >= 0.6 is 0 Å². The molecule has 4 rings (SSSR count). The first kappa shape index (κ1) is 16.5. The van der Waals surface area contributed by atoms with Crippen LogP contribution in [0.5, 0.6) is 0 Å². The van der Waals surface area contributed by atoms with E-state index in [9.17, 15) is 13.6 Å². The molecule has 0 unspecified atom stereocenters. The second-order valence-electron chi connectivity index (χ2n) is 6.56. The van der Waals surface area contributed by atoms with Gasteiger partial charge < -0.3 is 11.1 Å². The summed E-state index contributed by atoms with van der Waals surface area (Å²) in [5.74, 6) is -0.975. The molecule has 5 nitrogen and oxygen atoms in total. The number of nitrogens with zero attached hydrogens (tertiary/aromatic N) is 2. The highest BCUT2D eigenvalue weighted by molar-refractivity contribution is 6.02. The lowest BCUT2D eigenvalue weighted by Crippen LogP contribution is -2.27. The SMILES string of the molecule is NC(=O)c1cnn2cc(-c3cccc(F)c3)cc2c1N[C@@H]1CCC[C@@H]1F. The van der Waals surface area contributed by atoms with Crippen molar-refractivity contribution in [2.75, 3.05) is 5.32 Å².